The maximum atomic E-state index is 12.8. The van der Waals surface area contributed by atoms with E-state index in [1.54, 1.807) is 12.1 Å². The highest BCUT2D eigenvalue weighted by Crippen LogP contribution is 2.41. The molecule has 2 aromatic heterocycles. The standard InChI is InChI=1S/C19H20F2N6O/c1-10-13(6-7-15-14(10)8-23-25-15)19-24-18(26-27(19)9-16(22)28)12-4-2-11(3-5-12)17(20)21/h2-5,8,10,13,17H,6-7,9H2,1H3,(H2,22,28)(H,23,25). The highest BCUT2D eigenvalue weighted by Gasteiger charge is 2.33. The molecule has 0 saturated carbocycles. The first-order valence-electron chi connectivity index (χ1n) is 9.07. The summed E-state index contributed by atoms with van der Waals surface area (Å²) in [4.78, 5) is 16.2. The van der Waals surface area contributed by atoms with Gasteiger partial charge in [-0.05, 0) is 24.3 Å². The zero-order chi connectivity index (χ0) is 19.8. The molecule has 1 aliphatic rings. The van der Waals surface area contributed by atoms with Crippen molar-refractivity contribution in [2.45, 2.75) is 44.6 Å². The number of benzene rings is 1. The molecule has 146 valence electrons. The third-order valence-corrected chi connectivity index (χ3v) is 5.31. The van der Waals surface area contributed by atoms with E-state index in [2.05, 4.69) is 27.2 Å². The number of fused-ring (bicyclic) bond motifs is 1. The van der Waals surface area contributed by atoms with E-state index in [0.29, 0.717) is 17.2 Å². The Hall–Kier alpha value is -3.10. The summed E-state index contributed by atoms with van der Waals surface area (Å²) in [5.74, 6) is 0.741. The molecule has 2 heterocycles. The van der Waals surface area contributed by atoms with Crippen molar-refractivity contribution in [3.05, 3.63) is 53.1 Å². The van der Waals surface area contributed by atoms with Gasteiger partial charge < -0.3 is 5.73 Å². The fraction of sp³-hybridized carbons (Fsp3) is 0.368. The van der Waals surface area contributed by atoms with Crippen molar-refractivity contribution in [2.75, 3.05) is 0 Å². The van der Waals surface area contributed by atoms with Crippen LogP contribution >= 0.6 is 0 Å². The molecule has 2 unspecified atom stereocenters. The van der Waals surface area contributed by atoms with E-state index in [4.69, 9.17) is 5.73 Å². The number of carbonyl (C=O) groups is 1. The molecule has 1 amide bonds. The van der Waals surface area contributed by atoms with E-state index >= 15 is 0 Å². The third kappa shape index (κ3) is 3.28. The minimum absolute atomic E-state index is 0.0473. The molecule has 28 heavy (non-hydrogen) atoms. The molecular formula is C19H20F2N6O. The predicted octanol–water partition coefficient (Wildman–Crippen LogP) is 2.92. The first-order valence-corrected chi connectivity index (χ1v) is 9.07. The largest absolute Gasteiger partial charge is 0.368 e. The number of alkyl halides is 2. The lowest BCUT2D eigenvalue weighted by Crippen LogP contribution is -2.25. The summed E-state index contributed by atoms with van der Waals surface area (Å²) in [6.45, 7) is 2.01. The molecule has 3 aromatic rings. The molecule has 0 spiro atoms. The van der Waals surface area contributed by atoms with Gasteiger partial charge in [0.2, 0.25) is 5.91 Å². The van der Waals surface area contributed by atoms with Crippen molar-refractivity contribution < 1.29 is 13.6 Å². The lowest BCUT2D eigenvalue weighted by Gasteiger charge is -2.27. The van der Waals surface area contributed by atoms with Crippen LogP contribution in [0, 0.1) is 0 Å². The second kappa shape index (κ2) is 7.14. The van der Waals surface area contributed by atoms with Crippen molar-refractivity contribution in [1.29, 1.82) is 0 Å². The lowest BCUT2D eigenvalue weighted by molar-refractivity contribution is -0.118. The van der Waals surface area contributed by atoms with Crippen LogP contribution in [0.3, 0.4) is 0 Å². The number of aromatic amines is 1. The van der Waals surface area contributed by atoms with E-state index in [9.17, 15) is 13.6 Å². The van der Waals surface area contributed by atoms with Crippen LogP contribution in [0.25, 0.3) is 11.4 Å². The fourth-order valence-electron chi connectivity index (χ4n) is 3.83. The average molecular weight is 386 g/mol. The van der Waals surface area contributed by atoms with Gasteiger partial charge in [-0.25, -0.2) is 18.4 Å². The quantitative estimate of drug-likeness (QED) is 0.704. The smallest absolute Gasteiger partial charge is 0.263 e. The molecule has 0 aliphatic heterocycles. The highest BCUT2D eigenvalue weighted by atomic mass is 19.3. The van der Waals surface area contributed by atoms with Gasteiger partial charge in [-0.15, -0.1) is 0 Å². The molecule has 3 N–H and O–H groups in total. The molecule has 1 aromatic carbocycles. The molecule has 7 nitrogen and oxygen atoms in total. The molecule has 0 bridgehead atoms. The van der Waals surface area contributed by atoms with Crippen LogP contribution in [-0.2, 0) is 17.8 Å². The van der Waals surface area contributed by atoms with Gasteiger partial charge in [0.25, 0.3) is 6.43 Å². The number of rotatable bonds is 5. The van der Waals surface area contributed by atoms with Crippen LogP contribution < -0.4 is 5.73 Å². The number of amides is 1. The number of hydrogen-bond acceptors (Lipinski definition) is 4. The Morgan fingerprint density at radius 3 is 2.79 bits per heavy atom. The van der Waals surface area contributed by atoms with Gasteiger partial charge in [-0.1, -0.05) is 31.2 Å². The van der Waals surface area contributed by atoms with Crippen LogP contribution in [0.15, 0.2) is 30.5 Å². The van der Waals surface area contributed by atoms with Crippen LogP contribution in [0.2, 0.25) is 0 Å². The molecule has 0 radical (unpaired) electrons. The molecule has 1 aliphatic carbocycles. The summed E-state index contributed by atoms with van der Waals surface area (Å²) >= 11 is 0. The maximum Gasteiger partial charge on any atom is 0.263 e. The van der Waals surface area contributed by atoms with Gasteiger partial charge in [0, 0.05) is 22.7 Å². The minimum atomic E-state index is -2.53. The Balaban J connectivity index is 1.71. The topological polar surface area (TPSA) is 102 Å². The Kier molecular flexibility index (Phi) is 4.66. The van der Waals surface area contributed by atoms with Gasteiger partial charge >= 0.3 is 0 Å². The Morgan fingerprint density at radius 1 is 1.36 bits per heavy atom. The number of primary amides is 1. The third-order valence-electron chi connectivity index (χ3n) is 5.31. The number of nitrogens with one attached hydrogen (secondary N) is 1. The summed E-state index contributed by atoms with van der Waals surface area (Å²) in [6, 6.07) is 5.84. The van der Waals surface area contributed by atoms with E-state index in [1.165, 1.54) is 16.8 Å². The number of nitrogens with two attached hydrogens (primary N) is 1. The maximum absolute atomic E-state index is 12.8. The average Bonchev–Trinajstić information content (AvgIpc) is 3.29. The van der Waals surface area contributed by atoms with Gasteiger partial charge in [0.15, 0.2) is 5.82 Å². The van der Waals surface area contributed by atoms with Crippen molar-refractivity contribution >= 4 is 5.91 Å². The highest BCUT2D eigenvalue weighted by molar-refractivity contribution is 5.73. The van der Waals surface area contributed by atoms with Gasteiger partial charge in [-0.2, -0.15) is 10.2 Å². The lowest BCUT2D eigenvalue weighted by atomic mass is 9.78. The first-order chi connectivity index (χ1) is 13.4. The van der Waals surface area contributed by atoms with Crippen molar-refractivity contribution in [3.8, 4) is 11.4 Å². The monoisotopic (exact) mass is 386 g/mol. The summed E-state index contributed by atoms with van der Waals surface area (Å²) in [5.41, 5.74) is 8.19. The Labute approximate surface area is 160 Å². The molecule has 2 atom stereocenters. The second-order valence-corrected chi connectivity index (χ2v) is 7.08. The van der Waals surface area contributed by atoms with Crippen LogP contribution in [-0.4, -0.2) is 30.9 Å². The summed E-state index contributed by atoms with van der Waals surface area (Å²) in [5, 5.41) is 11.6. The number of halogens is 2. The van der Waals surface area contributed by atoms with Crippen molar-refractivity contribution in [1.82, 2.24) is 25.0 Å². The van der Waals surface area contributed by atoms with Gasteiger partial charge in [0.1, 0.15) is 12.4 Å². The van der Waals surface area contributed by atoms with E-state index < -0.39 is 12.3 Å². The van der Waals surface area contributed by atoms with Crippen LogP contribution in [0.4, 0.5) is 8.78 Å². The number of aryl methyl sites for hydroxylation is 1. The first kappa shape index (κ1) is 18.3. The zero-order valence-corrected chi connectivity index (χ0v) is 15.3. The Morgan fingerprint density at radius 2 is 2.11 bits per heavy atom. The molecule has 9 heteroatoms. The molecule has 0 saturated heterocycles. The van der Waals surface area contributed by atoms with Crippen LogP contribution in [0.1, 0.15) is 54.3 Å². The second-order valence-electron chi connectivity index (χ2n) is 7.08. The molecular weight excluding hydrogens is 366 g/mol. The molecule has 4 rings (SSSR count). The summed E-state index contributed by atoms with van der Waals surface area (Å²) in [6.07, 6.45) is 0.951. The van der Waals surface area contributed by atoms with E-state index in [-0.39, 0.29) is 23.9 Å². The number of aromatic nitrogens is 5. The molecule has 0 fully saturated rings. The van der Waals surface area contributed by atoms with Crippen LogP contribution in [0.5, 0.6) is 0 Å². The number of carbonyl (C=O) groups excluding carboxylic acids is 1. The van der Waals surface area contributed by atoms with Gasteiger partial charge in [-0.3, -0.25) is 9.89 Å². The number of nitrogens with zero attached hydrogens (tertiary/aromatic N) is 4. The SMILES string of the molecule is CC1c2cn[nH]c2CCC1c1nc(-c2ccc(C(F)F)cc2)nn1CC(N)=O. The zero-order valence-electron chi connectivity index (χ0n) is 15.3. The van der Waals surface area contributed by atoms with E-state index in [0.717, 1.165) is 24.1 Å². The summed E-state index contributed by atoms with van der Waals surface area (Å²) < 4.78 is 27.1. The fourth-order valence-corrected chi connectivity index (χ4v) is 3.83. The summed E-state index contributed by atoms with van der Waals surface area (Å²) in [7, 11) is 0. The predicted molar refractivity (Wildman–Crippen MR) is 97.7 cm³/mol. The van der Waals surface area contributed by atoms with Crippen molar-refractivity contribution in [3.63, 3.8) is 0 Å². The van der Waals surface area contributed by atoms with Crippen molar-refractivity contribution in [2.24, 2.45) is 5.73 Å². The minimum Gasteiger partial charge on any atom is -0.368 e. The number of H-pyrrole nitrogens is 1. The normalized spacial score (nSPS) is 19.0. The van der Waals surface area contributed by atoms with E-state index in [1.807, 2.05) is 6.20 Å². The Bertz CT molecular complexity index is 994. The number of hydrogen-bond donors (Lipinski definition) is 2. The van der Waals surface area contributed by atoms with Gasteiger partial charge in [0.05, 0.1) is 6.20 Å².